The highest BCUT2D eigenvalue weighted by atomic mass is 32.1. The van der Waals surface area contributed by atoms with Gasteiger partial charge in [0.15, 0.2) is 0 Å². The van der Waals surface area contributed by atoms with Gasteiger partial charge in [0.25, 0.3) is 5.56 Å². The molecule has 5 nitrogen and oxygen atoms in total. The van der Waals surface area contributed by atoms with Crippen LogP contribution >= 0.6 is 11.3 Å². The van der Waals surface area contributed by atoms with Crippen LogP contribution in [0, 0.1) is 13.8 Å². The van der Waals surface area contributed by atoms with Crippen LogP contribution in [0.5, 0.6) is 0 Å². The lowest BCUT2D eigenvalue weighted by atomic mass is 10.0. The molecule has 1 N–H and O–H groups in total. The summed E-state index contributed by atoms with van der Waals surface area (Å²) in [6.45, 7) is 3.65. The van der Waals surface area contributed by atoms with Gasteiger partial charge in [0.05, 0.1) is 12.8 Å². The van der Waals surface area contributed by atoms with Gasteiger partial charge in [-0.25, -0.2) is 9.78 Å². The summed E-state index contributed by atoms with van der Waals surface area (Å²) in [6.07, 6.45) is 2.11. The fourth-order valence-electron chi connectivity index (χ4n) is 2.32. The van der Waals surface area contributed by atoms with Gasteiger partial charge in [0, 0.05) is 17.0 Å². The first-order chi connectivity index (χ1) is 10.0. The van der Waals surface area contributed by atoms with Gasteiger partial charge in [-0.2, -0.15) is 0 Å². The summed E-state index contributed by atoms with van der Waals surface area (Å²) in [4.78, 5) is 32.0. The van der Waals surface area contributed by atoms with Gasteiger partial charge in [0.2, 0.25) is 0 Å². The number of carbonyl (C=O) groups excluding carboxylic acids is 1. The van der Waals surface area contributed by atoms with E-state index in [9.17, 15) is 9.59 Å². The second-order valence-corrected chi connectivity index (χ2v) is 6.19. The van der Waals surface area contributed by atoms with Gasteiger partial charge in [-0.1, -0.05) is 0 Å². The topological polar surface area (TPSA) is 72.0 Å². The molecule has 110 valence electrons. The van der Waals surface area contributed by atoms with Crippen LogP contribution in [-0.2, 0) is 4.74 Å². The van der Waals surface area contributed by atoms with Crippen molar-refractivity contribution in [1.82, 2.24) is 9.97 Å². The number of aromatic nitrogens is 2. The van der Waals surface area contributed by atoms with Gasteiger partial charge in [0.1, 0.15) is 10.7 Å². The molecule has 0 aromatic carbocycles. The average molecular weight is 304 g/mol. The quantitative estimate of drug-likeness (QED) is 0.885. The smallest absolute Gasteiger partial charge is 0.348 e. The van der Waals surface area contributed by atoms with Crippen molar-refractivity contribution in [2.75, 3.05) is 7.11 Å². The van der Waals surface area contributed by atoms with Crippen LogP contribution in [0.4, 0.5) is 0 Å². The van der Waals surface area contributed by atoms with Crippen molar-refractivity contribution in [3.63, 3.8) is 0 Å². The first-order valence-corrected chi connectivity index (χ1v) is 7.68. The normalized spacial score (nSPS) is 14.2. The van der Waals surface area contributed by atoms with Crippen LogP contribution in [0.3, 0.4) is 0 Å². The van der Waals surface area contributed by atoms with E-state index in [-0.39, 0.29) is 5.56 Å². The summed E-state index contributed by atoms with van der Waals surface area (Å²) in [5, 5.41) is 1.89. The van der Waals surface area contributed by atoms with E-state index in [1.54, 1.807) is 6.92 Å². The zero-order valence-electron chi connectivity index (χ0n) is 12.1. The lowest BCUT2D eigenvalue weighted by molar-refractivity contribution is 0.0607. The van der Waals surface area contributed by atoms with Crippen LogP contribution < -0.4 is 5.56 Å². The number of ether oxygens (including phenoxy) is 1. The van der Waals surface area contributed by atoms with Gasteiger partial charge < -0.3 is 9.72 Å². The molecule has 2 aromatic heterocycles. The summed E-state index contributed by atoms with van der Waals surface area (Å²) in [5.41, 5.74) is 2.65. The number of esters is 1. The van der Waals surface area contributed by atoms with E-state index in [2.05, 4.69) is 9.97 Å². The van der Waals surface area contributed by atoms with E-state index in [0.29, 0.717) is 22.1 Å². The minimum Gasteiger partial charge on any atom is -0.465 e. The molecule has 0 bridgehead atoms. The first-order valence-electron chi connectivity index (χ1n) is 6.80. The lowest BCUT2D eigenvalue weighted by Crippen LogP contribution is -2.16. The Morgan fingerprint density at radius 1 is 1.43 bits per heavy atom. The van der Waals surface area contributed by atoms with Crippen molar-refractivity contribution < 1.29 is 9.53 Å². The highest BCUT2D eigenvalue weighted by Gasteiger charge is 2.29. The number of aromatic amines is 1. The molecular weight excluding hydrogens is 288 g/mol. The fourth-order valence-corrected chi connectivity index (χ4v) is 3.29. The van der Waals surface area contributed by atoms with E-state index in [1.165, 1.54) is 18.4 Å². The molecule has 0 amide bonds. The molecular formula is C15H16N2O3S. The fraction of sp³-hybridized carbons (Fsp3) is 0.400. The molecule has 1 aliphatic carbocycles. The molecule has 0 spiro atoms. The van der Waals surface area contributed by atoms with Crippen molar-refractivity contribution in [2.45, 2.75) is 32.6 Å². The van der Waals surface area contributed by atoms with Gasteiger partial charge >= 0.3 is 5.97 Å². The third-order valence-electron chi connectivity index (χ3n) is 3.72. The van der Waals surface area contributed by atoms with Gasteiger partial charge in [-0.15, -0.1) is 11.3 Å². The third-order valence-corrected chi connectivity index (χ3v) is 4.79. The maximum atomic E-state index is 12.1. The molecule has 0 atom stereocenters. The molecule has 1 fully saturated rings. The van der Waals surface area contributed by atoms with Crippen molar-refractivity contribution in [1.29, 1.82) is 0 Å². The molecule has 2 heterocycles. The van der Waals surface area contributed by atoms with E-state index < -0.39 is 5.97 Å². The number of thiophene rings is 1. The molecule has 1 saturated carbocycles. The summed E-state index contributed by atoms with van der Waals surface area (Å²) < 4.78 is 4.83. The molecule has 1 aliphatic rings. The predicted molar refractivity (Wildman–Crippen MR) is 81.0 cm³/mol. The number of aryl methyl sites for hydroxylation is 1. The Kier molecular flexibility index (Phi) is 3.41. The highest BCUT2D eigenvalue weighted by Crippen LogP contribution is 2.39. The molecule has 6 heteroatoms. The van der Waals surface area contributed by atoms with Crippen molar-refractivity contribution >= 4 is 17.3 Å². The number of methoxy groups -OCH3 is 1. The zero-order chi connectivity index (χ0) is 15.1. The largest absolute Gasteiger partial charge is 0.465 e. The number of nitrogens with zero attached hydrogens (tertiary/aromatic N) is 1. The van der Waals surface area contributed by atoms with Gasteiger partial charge in [-0.05, 0) is 37.6 Å². The standard InChI is InChI=1S/C15H16N2O3S/c1-7-6-21-12(15(19)20-3)10(7)11-8(2)14(18)17-13(16-11)9-4-5-9/h6,9H,4-5H2,1-3H3,(H,16,17,18). The van der Waals surface area contributed by atoms with Crippen LogP contribution in [-0.4, -0.2) is 23.0 Å². The van der Waals surface area contributed by atoms with E-state index in [4.69, 9.17) is 4.74 Å². The molecule has 2 aromatic rings. The molecule has 3 rings (SSSR count). The number of nitrogens with one attached hydrogen (secondary N) is 1. The summed E-state index contributed by atoms with van der Waals surface area (Å²) in [5.74, 6) is 0.678. The number of rotatable bonds is 3. The first kappa shape index (κ1) is 14.0. The molecule has 0 saturated heterocycles. The summed E-state index contributed by atoms with van der Waals surface area (Å²) >= 11 is 1.32. The molecule has 21 heavy (non-hydrogen) atoms. The SMILES string of the molecule is COC(=O)c1scc(C)c1-c1nc(C2CC2)[nH]c(=O)c1C. The Balaban J connectivity index is 2.23. The summed E-state index contributed by atoms with van der Waals surface area (Å²) in [6, 6.07) is 0. The van der Waals surface area contributed by atoms with Crippen molar-refractivity contribution in [2.24, 2.45) is 0 Å². The van der Waals surface area contributed by atoms with E-state index in [0.717, 1.165) is 29.8 Å². The number of carbonyl (C=O) groups is 1. The Morgan fingerprint density at radius 2 is 2.14 bits per heavy atom. The van der Waals surface area contributed by atoms with Crippen LogP contribution in [0.25, 0.3) is 11.3 Å². The molecule has 0 aliphatic heterocycles. The number of hydrogen-bond donors (Lipinski definition) is 1. The third kappa shape index (κ3) is 2.40. The monoisotopic (exact) mass is 304 g/mol. The van der Waals surface area contributed by atoms with Crippen molar-refractivity contribution in [3.05, 3.63) is 37.6 Å². The minimum absolute atomic E-state index is 0.136. The Bertz CT molecular complexity index is 772. The van der Waals surface area contributed by atoms with Crippen LogP contribution in [0.2, 0.25) is 0 Å². The Hall–Kier alpha value is -1.95. The number of hydrogen-bond acceptors (Lipinski definition) is 5. The predicted octanol–water partition coefficient (Wildman–Crippen LogP) is 2.78. The van der Waals surface area contributed by atoms with Crippen LogP contribution in [0.15, 0.2) is 10.2 Å². The maximum Gasteiger partial charge on any atom is 0.348 e. The van der Waals surface area contributed by atoms with E-state index in [1.807, 2.05) is 12.3 Å². The Labute approximate surface area is 126 Å². The zero-order valence-corrected chi connectivity index (χ0v) is 13.0. The summed E-state index contributed by atoms with van der Waals surface area (Å²) in [7, 11) is 1.36. The second-order valence-electron chi connectivity index (χ2n) is 5.31. The molecule has 0 radical (unpaired) electrons. The van der Waals surface area contributed by atoms with E-state index >= 15 is 0 Å². The minimum atomic E-state index is -0.391. The number of H-pyrrole nitrogens is 1. The highest BCUT2D eigenvalue weighted by molar-refractivity contribution is 7.12. The van der Waals surface area contributed by atoms with Gasteiger partial charge in [-0.3, -0.25) is 4.79 Å². The van der Waals surface area contributed by atoms with Crippen molar-refractivity contribution in [3.8, 4) is 11.3 Å². The lowest BCUT2D eigenvalue weighted by Gasteiger charge is -2.09. The van der Waals surface area contributed by atoms with Crippen LogP contribution in [0.1, 0.15) is 45.4 Å². The second kappa shape index (κ2) is 5.11. The molecule has 0 unspecified atom stereocenters. The Morgan fingerprint density at radius 3 is 2.76 bits per heavy atom. The average Bonchev–Trinajstić information content (AvgIpc) is 3.24. The maximum absolute atomic E-state index is 12.1.